The zero-order valence-corrected chi connectivity index (χ0v) is 14.1. The lowest BCUT2D eigenvalue weighted by molar-refractivity contribution is -0.119. The van der Waals surface area contributed by atoms with Crippen molar-refractivity contribution in [2.45, 2.75) is 31.7 Å². The highest BCUT2D eigenvalue weighted by atomic mass is 32.2. The molecule has 0 saturated carbocycles. The Morgan fingerprint density at radius 3 is 2.57 bits per heavy atom. The van der Waals surface area contributed by atoms with Crippen LogP contribution in [0.5, 0.6) is 0 Å². The van der Waals surface area contributed by atoms with Crippen LogP contribution in [0.25, 0.3) is 0 Å². The van der Waals surface area contributed by atoms with Gasteiger partial charge in [-0.2, -0.15) is 4.31 Å². The Morgan fingerprint density at radius 1 is 1.22 bits per heavy atom. The molecule has 3 heterocycles. The molecule has 2 aliphatic rings. The van der Waals surface area contributed by atoms with Crippen LogP contribution < -0.4 is 10.2 Å². The highest BCUT2D eigenvalue weighted by Crippen LogP contribution is 2.23. The number of amides is 1. The predicted octanol–water partition coefficient (Wildman–Crippen LogP) is 1.04. The van der Waals surface area contributed by atoms with Crippen molar-refractivity contribution in [3.63, 3.8) is 0 Å². The van der Waals surface area contributed by atoms with Crippen molar-refractivity contribution in [1.29, 1.82) is 0 Å². The summed E-state index contributed by atoms with van der Waals surface area (Å²) in [6.45, 7) is 2.44. The normalized spacial score (nSPS) is 22.5. The van der Waals surface area contributed by atoms with Crippen molar-refractivity contribution < 1.29 is 13.2 Å². The van der Waals surface area contributed by atoms with Crippen molar-refractivity contribution in [1.82, 2.24) is 9.29 Å². The molecule has 1 aromatic rings. The number of sulfonamides is 1. The summed E-state index contributed by atoms with van der Waals surface area (Å²) in [6, 6.07) is 3.09. The lowest BCUT2D eigenvalue weighted by atomic mass is 10.2. The number of carbonyl (C=O) groups is 1. The van der Waals surface area contributed by atoms with Gasteiger partial charge in [0.25, 0.3) is 0 Å². The number of anilines is 2. The number of hydrogen-bond donors (Lipinski definition) is 1. The first kappa shape index (κ1) is 16.2. The molecule has 8 heteroatoms. The topological polar surface area (TPSA) is 82.6 Å². The first-order valence-electron chi connectivity index (χ1n) is 7.94. The number of rotatable bonds is 4. The summed E-state index contributed by atoms with van der Waals surface area (Å²) in [7, 11) is -3.36. The van der Waals surface area contributed by atoms with Gasteiger partial charge in [-0.05, 0) is 37.8 Å². The molecule has 2 fully saturated rings. The van der Waals surface area contributed by atoms with Crippen molar-refractivity contribution in [2.75, 3.05) is 36.1 Å². The van der Waals surface area contributed by atoms with E-state index in [1.807, 2.05) is 12.1 Å². The Hall–Kier alpha value is -1.67. The first-order chi connectivity index (χ1) is 10.9. The van der Waals surface area contributed by atoms with Gasteiger partial charge in [-0.1, -0.05) is 0 Å². The lowest BCUT2D eigenvalue weighted by Gasteiger charge is -2.21. The van der Waals surface area contributed by atoms with Gasteiger partial charge in [0.05, 0.1) is 18.1 Å². The van der Waals surface area contributed by atoms with E-state index in [9.17, 15) is 13.2 Å². The van der Waals surface area contributed by atoms with Gasteiger partial charge in [-0.3, -0.25) is 4.79 Å². The monoisotopic (exact) mass is 338 g/mol. The van der Waals surface area contributed by atoms with E-state index in [1.54, 1.807) is 6.20 Å². The number of aromatic nitrogens is 1. The van der Waals surface area contributed by atoms with Gasteiger partial charge < -0.3 is 10.2 Å². The van der Waals surface area contributed by atoms with Crippen LogP contribution in [0, 0.1) is 0 Å². The Balaban J connectivity index is 1.65. The average molecular weight is 338 g/mol. The van der Waals surface area contributed by atoms with Gasteiger partial charge in [0.15, 0.2) is 0 Å². The van der Waals surface area contributed by atoms with Gasteiger partial charge in [0.1, 0.15) is 11.9 Å². The largest absolute Gasteiger partial charge is 0.357 e. The van der Waals surface area contributed by atoms with E-state index in [0.717, 1.165) is 25.2 Å². The number of nitrogens with zero attached hydrogens (tertiary/aromatic N) is 3. The van der Waals surface area contributed by atoms with Crippen molar-refractivity contribution in [3.8, 4) is 0 Å². The fraction of sp³-hybridized carbons (Fsp3) is 0.600. The van der Waals surface area contributed by atoms with E-state index >= 15 is 0 Å². The summed E-state index contributed by atoms with van der Waals surface area (Å²) in [5.74, 6) is 0.628. The Morgan fingerprint density at radius 2 is 1.96 bits per heavy atom. The molecular formula is C15H22N4O3S. The Bertz CT molecular complexity index is 668. The molecule has 0 unspecified atom stereocenters. The molecule has 0 aromatic carbocycles. The minimum Gasteiger partial charge on any atom is -0.357 e. The predicted molar refractivity (Wildman–Crippen MR) is 88.9 cm³/mol. The fourth-order valence-electron chi connectivity index (χ4n) is 3.22. The van der Waals surface area contributed by atoms with Crippen LogP contribution in [0.3, 0.4) is 0 Å². The molecule has 23 heavy (non-hydrogen) atoms. The van der Waals surface area contributed by atoms with E-state index in [-0.39, 0.29) is 5.91 Å². The van der Waals surface area contributed by atoms with Crippen molar-refractivity contribution in [3.05, 3.63) is 18.3 Å². The van der Waals surface area contributed by atoms with Gasteiger partial charge in [-0.25, -0.2) is 13.4 Å². The van der Waals surface area contributed by atoms with Gasteiger partial charge in [0.2, 0.25) is 15.9 Å². The summed E-state index contributed by atoms with van der Waals surface area (Å²) in [5, 5.41) is 2.78. The maximum absolute atomic E-state index is 12.4. The van der Waals surface area contributed by atoms with Crippen molar-refractivity contribution >= 4 is 27.4 Å². The summed E-state index contributed by atoms with van der Waals surface area (Å²) >= 11 is 0. The fourth-order valence-corrected chi connectivity index (χ4v) is 4.34. The second-order valence-electron chi connectivity index (χ2n) is 6.12. The molecular weight excluding hydrogens is 316 g/mol. The second-order valence-corrected chi connectivity index (χ2v) is 8.06. The third kappa shape index (κ3) is 3.64. The first-order valence-corrected chi connectivity index (χ1v) is 9.79. The van der Waals surface area contributed by atoms with E-state index in [0.29, 0.717) is 25.1 Å². The van der Waals surface area contributed by atoms with Gasteiger partial charge >= 0.3 is 0 Å². The van der Waals surface area contributed by atoms with Crippen LogP contribution in [0.15, 0.2) is 18.3 Å². The number of nitrogens with one attached hydrogen (secondary N) is 1. The SMILES string of the molecule is CS(=O)(=O)N1CCC[C@@H]1C(=O)Nc1ccc(N2CCCC2)nc1. The highest BCUT2D eigenvalue weighted by molar-refractivity contribution is 7.88. The van der Waals surface area contributed by atoms with Crippen LogP contribution in [0.4, 0.5) is 11.5 Å². The molecule has 126 valence electrons. The summed E-state index contributed by atoms with van der Waals surface area (Å²) < 4.78 is 24.7. The van der Waals surface area contributed by atoms with E-state index < -0.39 is 16.1 Å². The van der Waals surface area contributed by atoms with Crippen LogP contribution >= 0.6 is 0 Å². The molecule has 1 atom stereocenters. The zero-order chi connectivity index (χ0) is 16.4. The molecule has 2 saturated heterocycles. The third-order valence-electron chi connectivity index (χ3n) is 4.38. The van der Waals surface area contributed by atoms with Crippen LogP contribution in [0.2, 0.25) is 0 Å². The quantitative estimate of drug-likeness (QED) is 0.887. The smallest absolute Gasteiger partial charge is 0.242 e. The Kier molecular flexibility index (Phi) is 4.54. The number of carbonyl (C=O) groups excluding carboxylic acids is 1. The maximum atomic E-state index is 12.4. The minimum absolute atomic E-state index is 0.288. The summed E-state index contributed by atoms with van der Waals surface area (Å²) in [4.78, 5) is 19.0. The highest BCUT2D eigenvalue weighted by Gasteiger charge is 2.36. The molecule has 0 radical (unpaired) electrons. The number of hydrogen-bond acceptors (Lipinski definition) is 5. The number of pyridine rings is 1. The molecule has 0 spiro atoms. The zero-order valence-electron chi connectivity index (χ0n) is 13.2. The molecule has 2 aliphatic heterocycles. The van der Waals surface area contributed by atoms with E-state index in [1.165, 1.54) is 17.1 Å². The maximum Gasteiger partial charge on any atom is 0.242 e. The lowest BCUT2D eigenvalue weighted by Crippen LogP contribution is -2.42. The van der Waals surface area contributed by atoms with Gasteiger partial charge in [0, 0.05) is 19.6 Å². The summed E-state index contributed by atoms with van der Waals surface area (Å²) in [5.41, 5.74) is 0.596. The molecule has 0 bridgehead atoms. The Labute approximate surface area is 136 Å². The molecule has 0 aliphatic carbocycles. The van der Waals surface area contributed by atoms with Gasteiger partial charge in [-0.15, -0.1) is 0 Å². The molecule has 1 amide bonds. The van der Waals surface area contributed by atoms with Crippen LogP contribution in [0.1, 0.15) is 25.7 Å². The average Bonchev–Trinajstić information content (AvgIpc) is 3.19. The molecule has 3 rings (SSSR count). The minimum atomic E-state index is -3.36. The molecule has 1 aromatic heterocycles. The standard InChI is InChI=1S/C15H22N4O3S/c1-23(21,22)19-10-4-5-13(19)15(20)17-12-6-7-14(16-11-12)18-8-2-3-9-18/h6-7,11,13H,2-5,8-10H2,1H3,(H,17,20)/t13-/m1/s1. The summed E-state index contributed by atoms with van der Waals surface area (Å²) in [6.07, 6.45) is 6.40. The second kappa shape index (κ2) is 6.45. The van der Waals surface area contributed by atoms with Crippen LogP contribution in [-0.2, 0) is 14.8 Å². The van der Waals surface area contributed by atoms with E-state index in [4.69, 9.17) is 0 Å². The molecule has 7 nitrogen and oxygen atoms in total. The van der Waals surface area contributed by atoms with Crippen LogP contribution in [-0.4, -0.2) is 55.5 Å². The third-order valence-corrected chi connectivity index (χ3v) is 5.67. The van der Waals surface area contributed by atoms with Crippen molar-refractivity contribution in [2.24, 2.45) is 0 Å². The molecule has 1 N–H and O–H groups in total. The van der Waals surface area contributed by atoms with E-state index in [2.05, 4.69) is 15.2 Å².